The molecular weight excluding hydrogens is 426 g/mol. The van der Waals surface area contributed by atoms with E-state index >= 15 is 0 Å². The molecule has 1 saturated heterocycles. The number of benzene rings is 3. The molecule has 1 aliphatic heterocycles. The Hall–Kier alpha value is -4.06. The van der Waals surface area contributed by atoms with Crippen LogP contribution in [-0.4, -0.2) is 21.8 Å². The number of carbonyl (C=O) groups excluding carboxylic acids is 2. The van der Waals surface area contributed by atoms with E-state index in [9.17, 15) is 9.59 Å². The summed E-state index contributed by atoms with van der Waals surface area (Å²) in [6.45, 7) is 7.23. The van der Waals surface area contributed by atoms with Crippen molar-refractivity contribution in [2.24, 2.45) is 10.8 Å². The number of aromatic nitrogens is 2. The van der Waals surface area contributed by atoms with E-state index in [1.54, 1.807) is 27.7 Å². The minimum atomic E-state index is -0.889. The van der Waals surface area contributed by atoms with Crippen molar-refractivity contribution in [2.75, 3.05) is 4.90 Å². The van der Waals surface area contributed by atoms with Gasteiger partial charge in [0.2, 0.25) is 11.8 Å². The second kappa shape index (κ2) is 6.73. The number of imide groups is 1. The van der Waals surface area contributed by atoms with Gasteiger partial charge in [0.05, 0.1) is 16.3 Å². The number of amides is 2. The fourth-order valence-corrected chi connectivity index (χ4v) is 4.62. The van der Waals surface area contributed by atoms with Gasteiger partial charge in [-0.1, -0.05) is 48.5 Å². The summed E-state index contributed by atoms with van der Waals surface area (Å²) in [6.07, 6.45) is 0. The third kappa shape index (κ3) is 2.56. The zero-order valence-electron chi connectivity index (χ0n) is 19.4. The average Bonchev–Trinajstić information content (AvgIpc) is 3.27. The molecule has 6 rings (SSSR count). The Morgan fingerprint density at radius 3 is 2.09 bits per heavy atom. The van der Waals surface area contributed by atoms with Gasteiger partial charge in [-0.3, -0.25) is 9.59 Å². The molecule has 0 spiro atoms. The van der Waals surface area contributed by atoms with Crippen molar-refractivity contribution < 1.29 is 14.0 Å². The first kappa shape index (κ1) is 20.5. The minimum Gasteiger partial charge on any atom is -0.454 e. The summed E-state index contributed by atoms with van der Waals surface area (Å²) in [7, 11) is 0. The van der Waals surface area contributed by atoms with Gasteiger partial charge in [0.25, 0.3) is 0 Å². The molecule has 1 aliphatic rings. The molecule has 0 atom stereocenters. The maximum absolute atomic E-state index is 13.6. The molecule has 0 saturated carbocycles. The van der Waals surface area contributed by atoms with E-state index in [1.807, 2.05) is 66.7 Å². The Labute approximate surface area is 196 Å². The first-order valence-electron chi connectivity index (χ1n) is 11.3. The van der Waals surface area contributed by atoms with Gasteiger partial charge >= 0.3 is 0 Å². The van der Waals surface area contributed by atoms with Crippen molar-refractivity contribution in [3.05, 3.63) is 66.7 Å². The van der Waals surface area contributed by atoms with Crippen LogP contribution in [0.15, 0.2) is 71.1 Å². The summed E-state index contributed by atoms with van der Waals surface area (Å²) < 4.78 is 6.17. The lowest BCUT2D eigenvalue weighted by Crippen LogP contribution is -2.35. The number of hydrogen-bond donors (Lipinski definition) is 0. The standard InChI is InChI=1S/C28H23N3O3/c1-27(2)25(32)31(26(33)28(27,3)4)24-21(16-10-6-5-7-11-16)29-19-15-14-18-17-12-8-9-13-20(17)34-23(18)22(19)30-24/h5-15H,1-4H3. The van der Waals surface area contributed by atoms with Crippen molar-refractivity contribution in [2.45, 2.75) is 27.7 Å². The summed E-state index contributed by atoms with van der Waals surface area (Å²) >= 11 is 0. The topological polar surface area (TPSA) is 76.3 Å². The molecule has 6 heteroatoms. The van der Waals surface area contributed by atoms with Crippen LogP contribution in [0.2, 0.25) is 0 Å². The molecule has 0 unspecified atom stereocenters. The normalized spacial score (nSPS) is 17.4. The molecule has 0 bridgehead atoms. The lowest BCUT2D eigenvalue weighted by atomic mass is 9.70. The largest absolute Gasteiger partial charge is 0.454 e. The van der Waals surface area contributed by atoms with Crippen LogP contribution < -0.4 is 4.90 Å². The molecule has 34 heavy (non-hydrogen) atoms. The molecule has 0 aliphatic carbocycles. The number of nitrogens with zero attached hydrogens (tertiary/aromatic N) is 3. The number of anilines is 1. The van der Waals surface area contributed by atoms with E-state index in [0.717, 1.165) is 21.9 Å². The lowest BCUT2D eigenvalue weighted by molar-refractivity contribution is -0.129. The highest BCUT2D eigenvalue weighted by Crippen LogP contribution is 2.50. The van der Waals surface area contributed by atoms with Crippen LogP contribution in [-0.2, 0) is 9.59 Å². The van der Waals surface area contributed by atoms with E-state index in [0.29, 0.717) is 22.3 Å². The number of furan rings is 1. The molecule has 168 valence electrons. The highest BCUT2D eigenvalue weighted by atomic mass is 16.3. The van der Waals surface area contributed by atoms with Gasteiger partial charge in [0, 0.05) is 16.3 Å². The SMILES string of the molecule is CC1(C)C(=O)N(c2nc3c(ccc4c5ccccc5oc43)nc2-c2ccccc2)C(=O)C1(C)C. The zero-order chi connectivity index (χ0) is 23.8. The minimum absolute atomic E-state index is 0.236. The van der Waals surface area contributed by atoms with Crippen LogP contribution in [0, 0.1) is 10.8 Å². The van der Waals surface area contributed by atoms with E-state index in [1.165, 1.54) is 4.90 Å². The Morgan fingerprint density at radius 2 is 1.38 bits per heavy atom. The first-order valence-corrected chi connectivity index (χ1v) is 11.3. The maximum Gasteiger partial charge on any atom is 0.241 e. The molecule has 3 heterocycles. The van der Waals surface area contributed by atoms with E-state index < -0.39 is 10.8 Å². The molecule has 3 aromatic carbocycles. The summed E-state index contributed by atoms with van der Waals surface area (Å²) in [5.74, 6) is -0.337. The Morgan fingerprint density at radius 1 is 0.735 bits per heavy atom. The Bertz CT molecular complexity index is 1620. The molecule has 5 aromatic rings. The van der Waals surface area contributed by atoms with Crippen molar-refractivity contribution in [1.82, 2.24) is 9.97 Å². The molecule has 0 N–H and O–H groups in total. The number of fused-ring (bicyclic) bond motifs is 5. The third-order valence-corrected chi connectivity index (χ3v) is 7.46. The molecule has 0 radical (unpaired) electrons. The first-order chi connectivity index (χ1) is 16.2. The number of para-hydroxylation sites is 1. The van der Waals surface area contributed by atoms with Crippen LogP contribution >= 0.6 is 0 Å². The maximum atomic E-state index is 13.6. The monoisotopic (exact) mass is 449 g/mol. The van der Waals surface area contributed by atoms with Crippen LogP contribution in [0.4, 0.5) is 5.82 Å². The predicted octanol–water partition coefficient (Wildman–Crippen LogP) is 6.12. The smallest absolute Gasteiger partial charge is 0.241 e. The lowest BCUT2D eigenvalue weighted by Gasteiger charge is -2.28. The zero-order valence-corrected chi connectivity index (χ0v) is 19.4. The van der Waals surface area contributed by atoms with Crippen molar-refractivity contribution >= 4 is 50.6 Å². The molecular formula is C28H23N3O3. The molecule has 6 nitrogen and oxygen atoms in total. The van der Waals surface area contributed by atoms with Crippen LogP contribution in [0.3, 0.4) is 0 Å². The summed E-state index contributed by atoms with van der Waals surface area (Å²) in [5, 5.41) is 1.89. The fraction of sp³-hybridized carbons (Fsp3) is 0.214. The second-order valence-electron chi connectivity index (χ2n) is 9.87. The van der Waals surface area contributed by atoms with Gasteiger partial charge in [-0.15, -0.1) is 0 Å². The molecule has 2 aromatic heterocycles. The predicted molar refractivity (Wildman–Crippen MR) is 132 cm³/mol. The number of hydrogen-bond acceptors (Lipinski definition) is 5. The van der Waals surface area contributed by atoms with Crippen LogP contribution in [0.1, 0.15) is 27.7 Å². The summed E-state index contributed by atoms with van der Waals surface area (Å²) in [6, 6.07) is 21.2. The third-order valence-electron chi connectivity index (χ3n) is 7.46. The van der Waals surface area contributed by atoms with E-state index in [-0.39, 0.29) is 17.6 Å². The Kier molecular flexibility index (Phi) is 4.07. The van der Waals surface area contributed by atoms with Crippen molar-refractivity contribution in [3.8, 4) is 11.3 Å². The van der Waals surface area contributed by atoms with Gasteiger partial charge < -0.3 is 4.42 Å². The number of rotatable bonds is 2. The van der Waals surface area contributed by atoms with Gasteiger partial charge in [-0.2, -0.15) is 0 Å². The van der Waals surface area contributed by atoms with Crippen LogP contribution in [0.5, 0.6) is 0 Å². The average molecular weight is 450 g/mol. The Balaban J connectivity index is 1.71. The van der Waals surface area contributed by atoms with Gasteiger partial charge in [-0.25, -0.2) is 14.9 Å². The van der Waals surface area contributed by atoms with E-state index in [2.05, 4.69) is 0 Å². The summed E-state index contributed by atoms with van der Waals surface area (Å²) in [5.41, 5.74) is 1.97. The molecule has 1 fully saturated rings. The fourth-order valence-electron chi connectivity index (χ4n) is 4.62. The van der Waals surface area contributed by atoms with Crippen molar-refractivity contribution in [1.29, 1.82) is 0 Å². The second-order valence-corrected chi connectivity index (χ2v) is 9.87. The van der Waals surface area contributed by atoms with Gasteiger partial charge in [-0.05, 0) is 45.9 Å². The quantitative estimate of drug-likeness (QED) is 0.303. The highest BCUT2D eigenvalue weighted by molar-refractivity contribution is 6.26. The molecule has 2 amide bonds. The van der Waals surface area contributed by atoms with Crippen molar-refractivity contribution in [3.63, 3.8) is 0 Å². The summed E-state index contributed by atoms with van der Waals surface area (Å²) in [4.78, 5) is 38.2. The van der Waals surface area contributed by atoms with E-state index in [4.69, 9.17) is 14.4 Å². The number of carbonyl (C=O) groups is 2. The van der Waals surface area contributed by atoms with Gasteiger partial charge in [0.1, 0.15) is 16.8 Å². The van der Waals surface area contributed by atoms with Gasteiger partial charge in [0.15, 0.2) is 11.4 Å². The van der Waals surface area contributed by atoms with Crippen LogP contribution in [0.25, 0.3) is 44.2 Å². The highest BCUT2D eigenvalue weighted by Gasteiger charge is 2.60.